The van der Waals surface area contributed by atoms with Crippen molar-refractivity contribution in [2.75, 3.05) is 6.61 Å². The number of fused-ring (bicyclic) bond motifs is 1. The summed E-state index contributed by atoms with van der Waals surface area (Å²) in [5.41, 5.74) is 1.79. The number of hydrogen-bond donors (Lipinski definition) is 0. The van der Waals surface area contributed by atoms with Gasteiger partial charge in [-0.15, -0.1) is 0 Å². The molecule has 2 aromatic heterocycles. The van der Waals surface area contributed by atoms with Crippen molar-refractivity contribution in [3.05, 3.63) is 52.5 Å². The average molecular weight is 342 g/mol. The van der Waals surface area contributed by atoms with E-state index in [0.29, 0.717) is 16.6 Å². The van der Waals surface area contributed by atoms with Crippen molar-refractivity contribution in [2.24, 2.45) is 0 Å². The fourth-order valence-electron chi connectivity index (χ4n) is 2.72. The Labute approximate surface area is 143 Å². The lowest BCUT2D eigenvalue weighted by molar-refractivity contribution is -0.383. The van der Waals surface area contributed by atoms with E-state index in [1.165, 1.54) is 10.9 Å². The van der Waals surface area contributed by atoms with Crippen LogP contribution in [-0.2, 0) is 4.74 Å². The van der Waals surface area contributed by atoms with Gasteiger partial charge in [0.15, 0.2) is 0 Å². The van der Waals surface area contributed by atoms with Crippen molar-refractivity contribution < 1.29 is 14.5 Å². The van der Waals surface area contributed by atoms with Crippen LogP contribution in [0.2, 0.25) is 0 Å². The van der Waals surface area contributed by atoms with Crippen molar-refractivity contribution in [3.8, 4) is 5.69 Å². The number of esters is 1. The van der Waals surface area contributed by atoms with E-state index in [9.17, 15) is 14.9 Å². The molecule has 0 radical (unpaired) electrons. The summed E-state index contributed by atoms with van der Waals surface area (Å²) in [5, 5.41) is 16.1. The molecule has 0 aliphatic rings. The molecule has 0 aliphatic heterocycles. The molecular formula is C17H18N4O4. The smallest absolute Gasteiger partial charge is 0.341 e. The zero-order valence-corrected chi connectivity index (χ0v) is 14.2. The molecule has 0 saturated carbocycles. The second-order valence-corrected chi connectivity index (χ2v) is 5.87. The Bertz CT molecular complexity index is 955. The molecule has 0 N–H and O–H groups in total. The molecule has 0 amide bonds. The molecule has 3 rings (SSSR count). The summed E-state index contributed by atoms with van der Waals surface area (Å²) in [6.45, 7) is 5.95. The largest absolute Gasteiger partial charge is 0.462 e. The van der Waals surface area contributed by atoms with Gasteiger partial charge in [-0.3, -0.25) is 10.1 Å². The molecule has 0 atom stereocenters. The molecule has 0 saturated heterocycles. The highest BCUT2D eigenvalue weighted by Crippen LogP contribution is 2.31. The molecule has 8 nitrogen and oxygen atoms in total. The van der Waals surface area contributed by atoms with E-state index in [1.54, 1.807) is 25.4 Å². The molecule has 2 heterocycles. The van der Waals surface area contributed by atoms with Gasteiger partial charge in [0, 0.05) is 12.2 Å². The van der Waals surface area contributed by atoms with Crippen molar-refractivity contribution in [1.82, 2.24) is 14.3 Å². The number of nitrogens with zero attached hydrogens (tertiary/aromatic N) is 4. The van der Waals surface area contributed by atoms with E-state index in [0.717, 1.165) is 5.52 Å². The first kappa shape index (κ1) is 16.7. The van der Waals surface area contributed by atoms with Crippen LogP contribution in [0.3, 0.4) is 0 Å². The van der Waals surface area contributed by atoms with Crippen molar-refractivity contribution in [1.29, 1.82) is 0 Å². The molecule has 130 valence electrons. The third kappa shape index (κ3) is 2.98. The van der Waals surface area contributed by atoms with Crippen LogP contribution in [0.15, 0.2) is 36.8 Å². The molecule has 1 aromatic carbocycles. The Balaban J connectivity index is 2.08. The topological polar surface area (TPSA) is 92.2 Å². The molecule has 0 fully saturated rings. The van der Waals surface area contributed by atoms with Crippen LogP contribution in [0.4, 0.5) is 5.69 Å². The van der Waals surface area contributed by atoms with Crippen LogP contribution in [-0.4, -0.2) is 31.8 Å². The first-order chi connectivity index (χ1) is 11.9. The maximum Gasteiger partial charge on any atom is 0.341 e. The monoisotopic (exact) mass is 342 g/mol. The molecule has 0 aliphatic carbocycles. The van der Waals surface area contributed by atoms with Gasteiger partial charge in [0.2, 0.25) is 0 Å². The molecule has 0 unspecified atom stereocenters. The third-order valence-electron chi connectivity index (χ3n) is 3.91. The highest BCUT2D eigenvalue weighted by Gasteiger charge is 2.20. The van der Waals surface area contributed by atoms with Crippen LogP contribution in [0.25, 0.3) is 16.6 Å². The van der Waals surface area contributed by atoms with Crippen LogP contribution >= 0.6 is 0 Å². The van der Waals surface area contributed by atoms with E-state index in [2.05, 4.69) is 5.10 Å². The van der Waals surface area contributed by atoms with Crippen LogP contribution in [0, 0.1) is 10.1 Å². The normalized spacial score (nSPS) is 11.2. The Kier molecular flexibility index (Phi) is 4.26. The first-order valence-electron chi connectivity index (χ1n) is 7.93. The highest BCUT2D eigenvalue weighted by molar-refractivity contribution is 5.92. The van der Waals surface area contributed by atoms with Gasteiger partial charge >= 0.3 is 5.97 Å². The van der Waals surface area contributed by atoms with Crippen LogP contribution < -0.4 is 0 Å². The van der Waals surface area contributed by atoms with Gasteiger partial charge < -0.3 is 9.30 Å². The number of carbonyl (C=O) groups is 1. The van der Waals surface area contributed by atoms with Crippen molar-refractivity contribution in [2.45, 2.75) is 26.8 Å². The van der Waals surface area contributed by atoms with E-state index in [-0.39, 0.29) is 18.3 Å². The second kappa shape index (κ2) is 6.39. The minimum Gasteiger partial charge on any atom is -0.462 e. The Morgan fingerprint density at radius 3 is 2.76 bits per heavy atom. The standard InChI is InChI=1S/C17H18N4O4/c1-4-25-17(22)12-8-18-20(9-12)13-5-6-15-14(7-13)16(21(23)24)10-19(15)11(2)3/h5-11H,4H2,1-3H3. The van der Waals surface area contributed by atoms with E-state index in [4.69, 9.17) is 4.74 Å². The lowest BCUT2D eigenvalue weighted by Crippen LogP contribution is -2.03. The van der Waals surface area contributed by atoms with Crippen molar-refractivity contribution in [3.63, 3.8) is 0 Å². The van der Waals surface area contributed by atoms with Crippen LogP contribution in [0.5, 0.6) is 0 Å². The Morgan fingerprint density at radius 1 is 1.36 bits per heavy atom. The summed E-state index contributed by atoms with van der Waals surface area (Å²) < 4.78 is 8.31. The number of ether oxygens (including phenoxy) is 1. The minimum atomic E-state index is -0.452. The van der Waals surface area contributed by atoms with Crippen molar-refractivity contribution >= 4 is 22.6 Å². The summed E-state index contributed by atoms with van der Waals surface area (Å²) in [6.07, 6.45) is 4.51. The van der Waals surface area contributed by atoms with Gasteiger partial charge in [0.1, 0.15) is 0 Å². The summed E-state index contributed by atoms with van der Waals surface area (Å²) in [4.78, 5) is 22.7. The third-order valence-corrected chi connectivity index (χ3v) is 3.91. The number of rotatable bonds is 5. The quantitative estimate of drug-likeness (QED) is 0.402. The number of hydrogen-bond acceptors (Lipinski definition) is 5. The first-order valence-corrected chi connectivity index (χ1v) is 7.93. The highest BCUT2D eigenvalue weighted by atomic mass is 16.6. The Hall–Kier alpha value is -3.16. The molecule has 25 heavy (non-hydrogen) atoms. The van der Waals surface area contributed by atoms with Gasteiger partial charge in [-0.1, -0.05) is 0 Å². The lowest BCUT2D eigenvalue weighted by Gasteiger charge is -2.08. The fraction of sp³-hybridized carbons (Fsp3) is 0.294. The van der Waals surface area contributed by atoms with Crippen LogP contribution in [0.1, 0.15) is 37.2 Å². The van der Waals surface area contributed by atoms with Gasteiger partial charge in [-0.05, 0) is 39.0 Å². The Morgan fingerprint density at radius 2 is 2.12 bits per heavy atom. The van der Waals surface area contributed by atoms with E-state index in [1.807, 2.05) is 30.5 Å². The lowest BCUT2D eigenvalue weighted by atomic mass is 10.2. The summed E-state index contributed by atoms with van der Waals surface area (Å²) >= 11 is 0. The molecule has 8 heteroatoms. The van der Waals surface area contributed by atoms with Gasteiger partial charge in [-0.2, -0.15) is 5.10 Å². The van der Waals surface area contributed by atoms with Gasteiger partial charge in [-0.25, -0.2) is 9.48 Å². The summed E-state index contributed by atoms with van der Waals surface area (Å²) in [5.74, 6) is -0.452. The van der Waals surface area contributed by atoms with E-state index < -0.39 is 10.9 Å². The van der Waals surface area contributed by atoms with Gasteiger partial charge in [0.05, 0.1) is 46.1 Å². The summed E-state index contributed by atoms with van der Waals surface area (Å²) in [6, 6.07) is 5.44. The fourth-order valence-corrected chi connectivity index (χ4v) is 2.72. The van der Waals surface area contributed by atoms with Gasteiger partial charge in [0.25, 0.3) is 5.69 Å². The SMILES string of the molecule is CCOC(=O)c1cnn(-c2ccc3c(c2)c([N+](=O)[O-])cn3C(C)C)c1. The molecule has 0 spiro atoms. The predicted molar refractivity (Wildman–Crippen MR) is 92.1 cm³/mol. The molecule has 0 bridgehead atoms. The number of carbonyl (C=O) groups excluding carboxylic acids is 1. The number of nitro groups is 1. The predicted octanol–water partition coefficient (Wildman–Crippen LogP) is 3.49. The minimum absolute atomic E-state index is 0.0447. The second-order valence-electron chi connectivity index (χ2n) is 5.87. The molecular weight excluding hydrogens is 324 g/mol. The zero-order chi connectivity index (χ0) is 18.1. The maximum atomic E-state index is 11.8. The number of benzene rings is 1. The zero-order valence-electron chi connectivity index (χ0n) is 14.2. The van der Waals surface area contributed by atoms with E-state index >= 15 is 0 Å². The molecule has 3 aromatic rings. The maximum absolute atomic E-state index is 11.8. The average Bonchev–Trinajstić information content (AvgIpc) is 3.19. The number of aromatic nitrogens is 3. The summed E-state index contributed by atoms with van der Waals surface area (Å²) in [7, 11) is 0.